The minimum atomic E-state index is -4.81. The van der Waals surface area contributed by atoms with Crippen molar-refractivity contribution in [1.29, 1.82) is 0 Å². The van der Waals surface area contributed by atoms with Crippen molar-refractivity contribution in [2.75, 3.05) is 0 Å². The molecule has 0 N–H and O–H groups in total. The Bertz CT molecular complexity index is 215. The van der Waals surface area contributed by atoms with Crippen LogP contribution in [0.1, 0.15) is 13.8 Å². The van der Waals surface area contributed by atoms with Gasteiger partial charge in [0, 0.05) is 0 Å². The molecule has 0 saturated carbocycles. The number of carbonyl (C=O) groups excluding carboxylic acids is 2. The summed E-state index contributed by atoms with van der Waals surface area (Å²) in [6.45, 7) is 1.75. The molecule has 0 aliphatic carbocycles. The van der Waals surface area contributed by atoms with Crippen LogP contribution < -0.4 is 0 Å². The number of hydrogen-bond acceptors (Lipinski definition) is 4. The quantitative estimate of drug-likeness (QED) is 0.562. The van der Waals surface area contributed by atoms with E-state index in [1.807, 2.05) is 0 Å². The third-order valence-electron chi connectivity index (χ3n) is 0.757. The van der Waals surface area contributed by atoms with Gasteiger partial charge < -0.3 is 0 Å². The summed E-state index contributed by atoms with van der Waals surface area (Å²) in [4.78, 5) is 20.3. The molecule has 0 unspecified atom stereocenters. The van der Waals surface area contributed by atoms with Gasteiger partial charge in [-0.3, -0.25) is 0 Å². The topological polar surface area (TPSA) is 68.3 Å². The molecule has 0 radical (unpaired) electrons. The van der Waals surface area contributed by atoms with Crippen LogP contribution >= 0.6 is 0 Å². The molecule has 0 saturated heterocycles. The van der Waals surface area contributed by atoms with E-state index in [-0.39, 0.29) is 0 Å². The molecular weight excluding hydrogens is 191 g/mol. The average Bonchev–Trinajstić information content (AvgIpc) is 1.65. The number of rotatable bonds is 2. The molecule has 0 heterocycles. The van der Waals surface area contributed by atoms with Crippen molar-refractivity contribution in [2.45, 2.75) is 13.8 Å². The second-order valence-corrected chi connectivity index (χ2v) is 6.01. The zero-order valence-corrected chi connectivity index (χ0v) is 6.75. The van der Waals surface area contributed by atoms with Crippen molar-refractivity contribution in [3.63, 3.8) is 0 Å². The number of carbonyl (C=O) groups is 2. The van der Waals surface area contributed by atoms with E-state index < -0.39 is 22.1 Å². The normalized spacial score (nSPS) is 10.9. The second-order valence-electron chi connectivity index (χ2n) is 1.49. The minimum absolute atomic E-state index is 0.876. The van der Waals surface area contributed by atoms with E-state index in [2.05, 4.69) is 0 Å². The van der Waals surface area contributed by atoms with Crippen LogP contribution in [-0.4, -0.2) is 22.1 Å². The molecule has 4 nitrogen and oxygen atoms in total. The summed E-state index contributed by atoms with van der Waals surface area (Å²) in [5, 5.41) is 0. The molecule has 0 rings (SSSR count). The molecule has 9 heavy (non-hydrogen) atoms. The maximum atomic E-state index is 10.4. The standard InChI is InChI=1S/C4H6O4Se/c1-3(5)9(7,8)4(2)6/h1-2H3. The first-order valence-electron chi connectivity index (χ1n) is 2.15. The first kappa shape index (κ1) is 8.46. The molecule has 0 aliphatic rings. The Labute approximate surface area is 53.9 Å². The third kappa shape index (κ3) is 1.69. The van der Waals surface area contributed by atoms with Crippen LogP contribution in [0.3, 0.4) is 0 Å². The second kappa shape index (κ2) is 2.37. The zero-order chi connectivity index (χ0) is 7.65. The van der Waals surface area contributed by atoms with Crippen molar-refractivity contribution < 1.29 is 17.3 Å². The Morgan fingerprint density at radius 2 is 1.22 bits per heavy atom. The molecule has 0 spiro atoms. The summed E-state index contributed by atoms with van der Waals surface area (Å²) in [6.07, 6.45) is 0. The van der Waals surface area contributed by atoms with E-state index in [1.54, 1.807) is 0 Å². The summed E-state index contributed by atoms with van der Waals surface area (Å²) in [7, 11) is 0. The van der Waals surface area contributed by atoms with Crippen LogP contribution in [0.25, 0.3) is 0 Å². The van der Waals surface area contributed by atoms with Crippen LogP contribution in [0.5, 0.6) is 0 Å². The van der Waals surface area contributed by atoms with Crippen molar-refractivity contribution in [3.8, 4) is 0 Å². The molecule has 0 aromatic carbocycles. The summed E-state index contributed by atoms with van der Waals surface area (Å²) in [6, 6.07) is 0. The fourth-order valence-corrected chi connectivity index (χ4v) is 1.05. The summed E-state index contributed by atoms with van der Waals surface area (Å²) in [5.74, 6) is 0. The van der Waals surface area contributed by atoms with Gasteiger partial charge in [0.1, 0.15) is 0 Å². The third-order valence-corrected chi connectivity index (χ3v) is 3.93. The zero-order valence-electron chi connectivity index (χ0n) is 5.04. The molecule has 5 heteroatoms. The fraction of sp³-hybridized carbons (Fsp3) is 0.500. The van der Waals surface area contributed by atoms with Gasteiger partial charge in [-0.15, -0.1) is 0 Å². The van der Waals surface area contributed by atoms with Gasteiger partial charge in [0.2, 0.25) is 0 Å². The van der Waals surface area contributed by atoms with E-state index >= 15 is 0 Å². The SMILES string of the molecule is CC(=O)[Se](=O)(=O)C(C)=O. The molecule has 0 aliphatic heterocycles. The van der Waals surface area contributed by atoms with Crippen molar-refractivity contribution >= 4 is 22.1 Å². The van der Waals surface area contributed by atoms with Crippen LogP contribution in [0.4, 0.5) is 0 Å². The molecule has 0 fully saturated rings. The van der Waals surface area contributed by atoms with E-state index in [0.29, 0.717) is 0 Å². The maximum absolute atomic E-state index is 10.4. The Hall–Kier alpha value is -0.541. The van der Waals surface area contributed by atoms with Gasteiger partial charge in [-0.2, -0.15) is 0 Å². The Kier molecular flexibility index (Phi) is 2.23. The molecule has 0 amide bonds. The van der Waals surface area contributed by atoms with Gasteiger partial charge in [-0.05, 0) is 0 Å². The van der Waals surface area contributed by atoms with Gasteiger partial charge in [-0.1, -0.05) is 0 Å². The van der Waals surface area contributed by atoms with E-state index in [9.17, 15) is 17.3 Å². The fourth-order valence-electron chi connectivity index (χ4n) is 0.202. The summed E-state index contributed by atoms with van der Waals surface area (Å²) >= 11 is -4.81. The van der Waals surface area contributed by atoms with Crippen LogP contribution in [0, 0.1) is 0 Å². The van der Waals surface area contributed by atoms with Crippen LogP contribution in [-0.2, 0) is 17.3 Å². The monoisotopic (exact) mass is 198 g/mol. The van der Waals surface area contributed by atoms with Crippen molar-refractivity contribution in [3.05, 3.63) is 0 Å². The van der Waals surface area contributed by atoms with Gasteiger partial charge in [0.25, 0.3) is 0 Å². The predicted molar refractivity (Wildman–Crippen MR) is 28.5 cm³/mol. The molecule has 0 atom stereocenters. The first-order chi connectivity index (χ1) is 3.89. The summed E-state index contributed by atoms with van der Waals surface area (Å²) < 4.78 is 18.8. The molecule has 0 bridgehead atoms. The first-order valence-corrected chi connectivity index (χ1v) is 5.26. The van der Waals surface area contributed by atoms with Crippen molar-refractivity contribution in [2.24, 2.45) is 0 Å². The van der Waals surface area contributed by atoms with Gasteiger partial charge in [0.05, 0.1) is 0 Å². The van der Waals surface area contributed by atoms with E-state index in [1.165, 1.54) is 0 Å². The van der Waals surface area contributed by atoms with Gasteiger partial charge in [-0.25, -0.2) is 0 Å². The van der Waals surface area contributed by atoms with E-state index in [4.69, 9.17) is 0 Å². The number of hydrogen-bond donors (Lipinski definition) is 0. The molecular formula is C4H6O4Se. The Morgan fingerprint density at radius 1 is 1.00 bits per heavy atom. The molecule has 0 aromatic heterocycles. The Morgan fingerprint density at radius 3 is 1.22 bits per heavy atom. The Balaban J connectivity index is 4.87. The van der Waals surface area contributed by atoms with Gasteiger partial charge >= 0.3 is 53.2 Å². The van der Waals surface area contributed by atoms with Crippen LogP contribution in [0.2, 0.25) is 0 Å². The van der Waals surface area contributed by atoms with Gasteiger partial charge in [0.15, 0.2) is 0 Å². The molecule has 52 valence electrons. The average molecular weight is 197 g/mol. The molecule has 0 aromatic rings. The predicted octanol–water partition coefficient (Wildman–Crippen LogP) is -0.454. The van der Waals surface area contributed by atoms with E-state index in [0.717, 1.165) is 13.8 Å². The van der Waals surface area contributed by atoms with Crippen LogP contribution in [0.15, 0.2) is 0 Å². The van der Waals surface area contributed by atoms with Crippen molar-refractivity contribution in [1.82, 2.24) is 0 Å². The summed E-state index contributed by atoms with van der Waals surface area (Å²) in [5.41, 5.74) is 0.